The molecular weight excluding hydrogens is 278 g/mol. The van der Waals surface area contributed by atoms with Gasteiger partial charge in [-0.3, -0.25) is 0 Å². The summed E-state index contributed by atoms with van der Waals surface area (Å²) >= 11 is 0. The monoisotopic (exact) mass is 305 g/mol. The van der Waals surface area contributed by atoms with E-state index in [1.54, 1.807) is 0 Å². The third kappa shape index (κ3) is 5.98. The maximum absolute atomic E-state index is 12.4. The van der Waals surface area contributed by atoms with Gasteiger partial charge in [0.1, 0.15) is 0 Å². The Labute approximate surface area is 131 Å². The lowest BCUT2D eigenvalue weighted by molar-refractivity contribution is 0.495. The highest BCUT2D eigenvalue weighted by Crippen LogP contribution is 2.17. The molecule has 0 aliphatic rings. The first-order valence-electron chi connectivity index (χ1n) is 7.35. The molecular formula is C18H27NOS. The van der Waals surface area contributed by atoms with Gasteiger partial charge in [0.05, 0.1) is 15.7 Å². The Kier molecular flexibility index (Phi) is 7.06. The normalized spacial score (nSPS) is 14.7. The molecule has 1 unspecified atom stereocenters. The first kappa shape index (κ1) is 17.9. The Hall–Kier alpha value is -1.19. The second kappa shape index (κ2) is 8.30. The molecule has 0 bridgehead atoms. The molecule has 0 aliphatic heterocycles. The molecule has 0 amide bonds. The van der Waals surface area contributed by atoms with Crippen LogP contribution in [-0.2, 0) is 17.4 Å². The average Bonchev–Trinajstić information content (AvgIpc) is 2.45. The van der Waals surface area contributed by atoms with Crippen LogP contribution >= 0.6 is 0 Å². The predicted octanol–water partition coefficient (Wildman–Crippen LogP) is 4.03. The first-order chi connectivity index (χ1) is 9.88. The summed E-state index contributed by atoms with van der Waals surface area (Å²) in [6, 6.07) is 10.4. The van der Waals surface area contributed by atoms with E-state index in [-0.39, 0.29) is 16.7 Å². The lowest BCUT2D eigenvalue weighted by Gasteiger charge is -2.27. The topological polar surface area (TPSA) is 29.1 Å². The van der Waals surface area contributed by atoms with Crippen LogP contribution in [0.3, 0.4) is 0 Å². The van der Waals surface area contributed by atoms with Crippen molar-refractivity contribution >= 4 is 11.0 Å². The van der Waals surface area contributed by atoms with Crippen LogP contribution in [0.2, 0.25) is 0 Å². The van der Waals surface area contributed by atoms with Gasteiger partial charge in [0.2, 0.25) is 0 Å². The van der Waals surface area contributed by atoms with Crippen LogP contribution in [0.25, 0.3) is 0 Å². The van der Waals surface area contributed by atoms with E-state index in [1.165, 1.54) is 5.56 Å². The Bertz CT molecular complexity index is 468. The lowest BCUT2D eigenvalue weighted by Crippen LogP contribution is -2.43. The van der Waals surface area contributed by atoms with Gasteiger partial charge in [0, 0.05) is 12.0 Å². The average molecular weight is 305 g/mol. The van der Waals surface area contributed by atoms with E-state index in [4.69, 9.17) is 0 Å². The Balaban J connectivity index is 2.75. The Morgan fingerprint density at radius 1 is 1.19 bits per heavy atom. The number of benzene rings is 1. The predicted molar refractivity (Wildman–Crippen MR) is 93.5 cm³/mol. The van der Waals surface area contributed by atoms with E-state index in [2.05, 4.69) is 30.0 Å². The highest BCUT2D eigenvalue weighted by Gasteiger charge is 2.25. The highest BCUT2D eigenvalue weighted by atomic mass is 32.2. The van der Waals surface area contributed by atoms with Crippen LogP contribution in [-0.4, -0.2) is 15.0 Å². The van der Waals surface area contributed by atoms with Gasteiger partial charge in [-0.05, 0) is 39.2 Å². The molecule has 21 heavy (non-hydrogen) atoms. The molecule has 116 valence electrons. The molecule has 0 spiro atoms. The minimum absolute atomic E-state index is 0.0836. The standard InChI is InChI=1S/C18H27NOS/c1-6-16(7-2)17(19-21(20)18(3,4)5)14-13-15-11-9-8-10-12-15/h6-12,16-17,19H,1-2,13-14H2,3-5H3/t17-,21?/m1/s1. The SMILES string of the molecule is C=CC(C=C)[C@@H](CCc1ccccc1)NS(=O)C(C)(C)C. The summed E-state index contributed by atoms with van der Waals surface area (Å²) in [5.41, 5.74) is 1.29. The molecule has 0 fully saturated rings. The van der Waals surface area contributed by atoms with Crippen LogP contribution in [0.15, 0.2) is 55.6 Å². The van der Waals surface area contributed by atoms with Gasteiger partial charge < -0.3 is 0 Å². The van der Waals surface area contributed by atoms with Crippen molar-refractivity contribution in [2.75, 3.05) is 0 Å². The fraction of sp³-hybridized carbons (Fsp3) is 0.444. The molecule has 1 aromatic rings. The number of hydrogen-bond donors (Lipinski definition) is 1. The molecule has 0 radical (unpaired) electrons. The Morgan fingerprint density at radius 3 is 2.24 bits per heavy atom. The first-order valence-corrected chi connectivity index (χ1v) is 8.50. The molecule has 0 saturated carbocycles. The van der Waals surface area contributed by atoms with Gasteiger partial charge in [-0.1, -0.05) is 42.5 Å². The summed E-state index contributed by atoms with van der Waals surface area (Å²) in [6.45, 7) is 13.7. The fourth-order valence-electron chi connectivity index (χ4n) is 2.04. The second-order valence-corrected chi connectivity index (χ2v) is 8.18. The van der Waals surface area contributed by atoms with Gasteiger partial charge >= 0.3 is 0 Å². The van der Waals surface area contributed by atoms with E-state index >= 15 is 0 Å². The lowest BCUT2D eigenvalue weighted by atomic mass is 9.95. The third-order valence-electron chi connectivity index (χ3n) is 3.41. The molecule has 0 saturated heterocycles. The minimum atomic E-state index is -1.09. The van der Waals surface area contributed by atoms with Crippen molar-refractivity contribution < 1.29 is 4.21 Å². The van der Waals surface area contributed by atoms with Crippen molar-refractivity contribution in [2.24, 2.45) is 5.92 Å². The van der Waals surface area contributed by atoms with Crippen molar-refractivity contribution in [1.82, 2.24) is 4.72 Å². The summed E-state index contributed by atoms with van der Waals surface area (Å²) in [6.07, 6.45) is 5.58. The molecule has 0 aromatic heterocycles. The maximum Gasteiger partial charge on any atom is 0.0973 e. The van der Waals surface area contributed by atoms with E-state index in [9.17, 15) is 4.21 Å². The van der Waals surface area contributed by atoms with Crippen LogP contribution in [0.4, 0.5) is 0 Å². The number of aryl methyl sites for hydroxylation is 1. The van der Waals surface area contributed by atoms with Crippen LogP contribution in [0, 0.1) is 5.92 Å². The minimum Gasteiger partial charge on any atom is -0.242 e. The molecule has 3 heteroatoms. The van der Waals surface area contributed by atoms with E-state index in [0.29, 0.717) is 0 Å². The van der Waals surface area contributed by atoms with E-state index in [1.807, 2.05) is 51.1 Å². The van der Waals surface area contributed by atoms with Gasteiger partial charge in [-0.25, -0.2) is 8.93 Å². The summed E-state index contributed by atoms with van der Waals surface area (Å²) in [5.74, 6) is 0.111. The summed E-state index contributed by atoms with van der Waals surface area (Å²) < 4.78 is 15.3. The van der Waals surface area contributed by atoms with Gasteiger partial charge in [-0.2, -0.15) is 0 Å². The number of hydrogen-bond acceptors (Lipinski definition) is 1. The zero-order chi connectivity index (χ0) is 15.9. The molecule has 2 atom stereocenters. The number of rotatable bonds is 8. The molecule has 2 nitrogen and oxygen atoms in total. The third-order valence-corrected chi connectivity index (χ3v) is 5.04. The molecule has 0 aliphatic carbocycles. The second-order valence-electron chi connectivity index (χ2n) is 6.18. The zero-order valence-corrected chi connectivity index (χ0v) is 14.2. The Morgan fingerprint density at radius 2 is 1.76 bits per heavy atom. The smallest absolute Gasteiger partial charge is 0.0973 e. The summed E-state index contributed by atoms with van der Waals surface area (Å²) in [5, 5.41) is 0. The van der Waals surface area contributed by atoms with Crippen molar-refractivity contribution in [3.05, 3.63) is 61.2 Å². The summed E-state index contributed by atoms with van der Waals surface area (Å²) in [4.78, 5) is 0. The molecule has 1 rings (SSSR count). The quantitative estimate of drug-likeness (QED) is 0.722. The van der Waals surface area contributed by atoms with Gasteiger partial charge in [0.25, 0.3) is 0 Å². The van der Waals surface area contributed by atoms with Crippen molar-refractivity contribution in [2.45, 2.75) is 44.4 Å². The van der Waals surface area contributed by atoms with Crippen LogP contribution in [0.5, 0.6) is 0 Å². The van der Waals surface area contributed by atoms with Crippen molar-refractivity contribution in [3.8, 4) is 0 Å². The number of nitrogens with one attached hydrogen (secondary N) is 1. The fourth-order valence-corrected chi connectivity index (χ4v) is 2.94. The maximum atomic E-state index is 12.4. The van der Waals surface area contributed by atoms with Crippen molar-refractivity contribution in [1.29, 1.82) is 0 Å². The van der Waals surface area contributed by atoms with Gasteiger partial charge in [0.15, 0.2) is 0 Å². The van der Waals surface area contributed by atoms with Crippen LogP contribution in [0.1, 0.15) is 32.8 Å². The largest absolute Gasteiger partial charge is 0.242 e. The van der Waals surface area contributed by atoms with Crippen molar-refractivity contribution in [3.63, 3.8) is 0 Å². The molecule has 1 N–H and O–H groups in total. The molecule has 1 aromatic carbocycles. The van der Waals surface area contributed by atoms with Gasteiger partial charge in [-0.15, -0.1) is 13.2 Å². The van der Waals surface area contributed by atoms with E-state index < -0.39 is 11.0 Å². The summed E-state index contributed by atoms with van der Waals surface area (Å²) in [7, 11) is -1.09. The highest BCUT2D eigenvalue weighted by molar-refractivity contribution is 7.84. The molecule has 0 heterocycles. The zero-order valence-electron chi connectivity index (χ0n) is 13.3. The van der Waals surface area contributed by atoms with E-state index in [0.717, 1.165) is 12.8 Å². The van der Waals surface area contributed by atoms with Crippen LogP contribution < -0.4 is 4.72 Å².